The molecule has 4 nitrogen and oxygen atoms in total. The zero-order valence-electron chi connectivity index (χ0n) is 23.3. The van der Waals surface area contributed by atoms with E-state index in [4.69, 9.17) is 0 Å². The lowest BCUT2D eigenvalue weighted by Crippen LogP contribution is -2.65. The summed E-state index contributed by atoms with van der Waals surface area (Å²) in [6.07, 6.45) is 10.1. The van der Waals surface area contributed by atoms with Crippen molar-refractivity contribution in [3.8, 4) is 0 Å². The van der Waals surface area contributed by atoms with Crippen molar-refractivity contribution in [2.45, 2.75) is 25.3 Å². The minimum atomic E-state index is -0.974. The van der Waals surface area contributed by atoms with E-state index in [1.807, 2.05) is 85.0 Å². The lowest BCUT2D eigenvalue weighted by atomic mass is 9.67. The van der Waals surface area contributed by atoms with Crippen LogP contribution in [0, 0.1) is 11.8 Å². The molecule has 0 spiro atoms. The molecule has 2 aliphatic heterocycles. The molecule has 0 amide bonds. The molecule has 2 heterocycles. The van der Waals surface area contributed by atoms with E-state index in [0.29, 0.717) is 0 Å². The Labute approximate surface area is 247 Å². The van der Waals surface area contributed by atoms with Gasteiger partial charge in [0.2, 0.25) is 0 Å². The normalized spacial score (nSPS) is 24.4. The number of para-hydroxylation sites is 2. The number of nitrogens with zero attached hydrogens (tertiary/aromatic N) is 2. The average Bonchev–Trinajstić information content (AvgIpc) is 3.05. The second-order valence-electron chi connectivity index (χ2n) is 11.2. The topological polar surface area (TPSA) is 52.6 Å². The molecule has 4 aromatic carbocycles. The molecular formula is C38H32N2O2-2. The average molecular weight is 549 g/mol. The van der Waals surface area contributed by atoms with Gasteiger partial charge in [0.25, 0.3) is 0 Å². The van der Waals surface area contributed by atoms with Crippen molar-refractivity contribution in [2.24, 2.45) is 11.8 Å². The van der Waals surface area contributed by atoms with Gasteiger partial charge in [-0.05, 0) is 58.4 Å². The first-order valence-electron chi connectivity index (χ1n) is 14.6. The second kappa shape index (κ2) is 11.3. The molecule has 7 rings (SSSR count). The Morgan fingerprint density at radius 3 is 1.31 bits per heavy atom. The molecule has 42 heavy (non-hydrogen) atoms. The number of hydrogen-bond acceptors (Lipinski definition) is 4. The fourth-order valence-corrected chi connectivity index (χ4v) is 6.28. The standard InChI is InChI=1S/C38H32N2O2/c41-37-33(23-29-19-21-39(25-27-11-3-1-4-12-27)35-17-9-7-15-31(29)35)38(42)34(37)24-30-20-22-40(26-28-13-5-2-6-14-28)36-18-10-8-16-32(30)36/h1-24,33-34,37-38H,25-26H2/q-2. The Morgan fingerprint density at radius 2 is 0.881 bits per heavy atom. The SMILES string of the molecule is [O-]C1C(C=C2C=CN(Cc3ccccc3)c3ccccc32)C([O-])C1C=C1C=CN(Cc2ccccc2)c2ccccc21. The third-order valence-corrected chi connectivity index (χ3v) is 8.57. The highest BCUT2D eigenvalue weighted by atomic mass is 16.3. The van der Waals surface area contributed by atoms with Gasteiger partial charge in [0.1, 0.15) is 0 Å². The fraction of sp³-hybridized carbons (Fsp3) is 0.158. The lowest BCUT2D eigenvalue weighted by Gasteiger charge is -2.60. The third kappa shape index (κ3) is 5.00. The molecule has 208 valence electrons. The summed E-state index contributed by atoms with van der Waals surface area (Å²) in [6, 6.07) is 37.2. The van der Waals surface area contributed by atoms with E-state index < -0.39 is 24.0 Å². The Bertz CT molecular complexity index is 1550. The smallest absolute Gasteiger partial charge is 0.0488 e. The summed E-state index contributed by atoms with van der Waals surface area (Å²) in [5.41, 5.74) is 8.63. The van der Waals surface area contributed by atoms with Crippen molar-refractivity contribution < 1.29 is 10.2 Å². The van der Waals surface area contributed by atoms with Crippen molar-refractivity contribution in [1.82, 2.24) is 0 Å². The molecular weight excluding hydrogens is 516 g/mol. The van der Waals surface area contributed by atoms with Gasteiger partial charge in [-0.1, -0.05) is 109 Å². The summed E-state index contributed by atoms with van der Waals surface area (Å²) in [5.74, 6) is -1.12. The van der Waals surface area contributed by atoms with Gasteiger partial charge in [-0.25, -0.2) is 0 Å². The highest BCUT2D eigenvalue weighted by Crippen LogP contribution is 2.42. The molecule has 1 saturated carbocycles. The highest BCUT2D eigenvalue weighted by Gasteiger charge is 2.35. The Kier molecular flexibility index (Phi) is 7.08. The molecule has 4 aromatic rings. The van der Waals surface area contributed by atoms with Crippen LogP contribution in [0.3, 0.4) is 0 Å². The van der Waals surface area contributed by atoms with Crippen LogP contribution in [-0.4, -0.2) is 12.2 Å². The van der Waals surface area contributed by atoms with Crippen LogP contribution >= 0.6 is 0 Å². The molecule has 0 radical (unpaired) electrons. The van der Waals surface area contributed by atoms with Gasteiger partial charge < -0.3 is 20.0 Å². The number of hydrogen-bond donors (Lipinski definition) is 0. The first kappa shape index (κ1) is 26.3. The predicted molar refractivity (Wildman–Crippen MR) is 167 cm³/mol. The minimum Gasteiger partial charge on any atom is -0.851 e. The van der Waals surface area contributed by atoms with Crippen molar-refractivity contribution in [1.29, 1.82) is 0 Å². The molecule has 0 aromatic heterocycles. The molecule has 0 N–H and O–H groups in total. The van der Waals surface area contributed by atoms with Gasteiger partial charge in [-0.15, -0.1) is 12.2 Å². The quantitative estimate of drug-likeness (QED) is 0.300. The highest BCUT2D eigenvalue weighted by molar-refractivity contribution is 5.87. The number of fused-ring (bicyclic) bond motifs is 2. The number of anilines is 2. The minimum absolute atomic E-state index is 0.558. The Balaban J connectivity index is 1.11. The molecule has 4 heteroatoms. The van der Waals surface area contributed by atoms with Gasteiger partial charge in [0.15, 0.2) is 0 Å². The first-order chi connectivity index (χ1) is 20.7. The van der Waals surface area contributed by atoms with E-state index in [0.717, 1.165) is 46.7 Å². The molecule has 0 bridgehead atoms. The first-order valence-corrected chi connectivity index (χ1v) is 14.6. The zero-order chi connectivity index (χ0) is 28.5. The summed E-state index contributed by atoms with van der Waals surface area (Å²) in [6.45, 7) is 1.51. The van der Waals surface area contributed by atoms with Crippen LogP contribution in [0.15, 0.2) is 146 Å². The van der Waals surface area contributed by atoms with E-state index in [9.17, 15) is 10.2 Å². The number of allylic oxidation sites excluding steroid dienone is 4. The molecule has 0 atom stereocenters. The van der Waals surface area contributed by atoms with Crippen molar-refractivity contribution in [2.75, 3.05) is 9.80 Å². The van der Waals surface area contributed by atoms with Crippen LogP contribution in [0.25, 0.3) is 11.1 Å². The predicted octanol–water partition coefficient (Wildman–Crippen LogP) is 5.93. The van der Waals surface area contributed by atoms with Crippen LogP contribution in [-0.2, 0) is 13.1 Å². The van der Waals surface area contributed by atoms with Crippen LogP contribution < -0.4 is 20.0 Å². The van der Waals surface area contributed by atoms with E-state index >= 15 is 0 Å². The van der Waals surface area contributed by atoms with Gasteiger partial charge >= 0.3 is 0 Å². The van der Waals surface area contributed by atoms with Gasteiger partial charge in [-0.2, -0.15) is 0 Å². The number of benzene rings is 4. The van der Waals surface area contributed by atoms with Crippen molar-refractivity contribution in [3.63, 3.8) is 0 Å². The van der Waals surface area contributed by atoms with E-state index in [2.05, 4.69) is 70.7 Å². The monoisotopic (exact) mass is 548 g/mol. The van der Waals surface area contributed by atoms with Crippen molar-refractivity contribution >= 4 is 22.5 Å². The van der Waals surface area contributed by atoms with E-state index in [-0.39, 0.29) is 0 Å². The summed E-state index contributed by atoms with van der Waals surface area (Å²) >= 11 is 0. The Hall–Kier alpha value is -4.64. The maximum Gasteiger partial charge on any atom is 0.0488 e. The fourth-order valence-electron chi connectivity index (χ4n) is 6.28. The van der Waals surface area contributed by atoms with Gasteiger partial charge in [0.05, 0.1) is 0 Å². The zero-order valence-corrected chi connectivity index (χ0v) is 23.3. The van der Waals surface area contributed by atoms with Crippen LogP contribution in [0.5, 0.6) is 0 Å². The summed E-state index contributed by atoms with van der Waals surface area (Å²) in [4.78, 5) is 4.43. The van der Waals surface area contributed by atoms with Crippen molar-refractivity contribution in [3.05, 3.63) is 168 Å². The molecule has 1 aliphatic carbocycles. The van der Waals surface area contributed by atoms with Crippen LogP contribution in [0.1, 0.15) is 22.3 Å². The summed E-state index contributed by atoms with van der Waals surface area (Å²) in [7, 11) is 0. The second-order valence-corrected chi connectivity index (χ2v) is 11.2. The molecule has 1 fully saturated rings. The maximum atomic E-state index is 13.5. The largest absolute Gasteiger partial charge is 0.851 e. The molecule has 0 unspecified atom stereocenters. The lowest BCUT2D eigenvalue weighted by molar-refractivity contribution is -0.549. The number of rotatable bonds is 6. The van der Waals surface area contributed by atoms with E-state index in [1.54, 1.807) is 0 Å². The van der Waals surface area contributed by atoms with Crippen LogP contribution in [0.4, 0.5) is 11.4 Å². The van der Waals surface area contributed by atoms with Gasteiger partial charge in [0, 0.05) is 48.0 Å². The Morgan fingerprint density at radius 1 is 0.500 bits per heavy atom. The molecule has 3 aliphatic rings. The van der Waals surface area contributed by atoms with Crippen LogP contribution in [0.2, 0.25) is 0 Å². The maximum absolute atomic E-state index is 13.5. The summed E-state index contributed by atoms with van der Waals surface area (Å²) in [5, 5.41) is 27.0. The third-order valence-electron chi connectivity index (χ3n) is 8.57. The van der Waals surface area contributed by atoms with E-state index in [1.165, 1.54) is 11.1 Å². The molecule has 0 saturated heterocycles. The summed E-state index contributed by atoms with van der Waals surface area (Å²) < 4.78 is 0. The van der Waals surface area contributed by atoms with Gasteiger partial charge in [-0.3, -0.25) is 0 Å².